The number of carbonyl (C=O) groups excluding carboxylic acids is 4. The molecular weight excluding hydrogens is 456 g/mol. The zero-order chi connectivity index (χ0) is 26.1. The molecular formula is C26H36O9. The van der Waals surface area contributed by atoms with Gasteiger partial charge in [0.25, 0.3) is 0 Å². The fourth-order valence-corrected chi connectivity index (χ4v) is 4.32. The summed E-state index contributed by atoms with van der Waals surface area (Å²) >= 11 is 0. The molecule has 9 nitrogen and oxygen atoms in total. The molecule has 1 fully saturated rings. The van der Waals surface area contributed by atoms with Gasteiger partial charge in [-0.1, -0.05) is 18.2 Å². The van der Waals surface area contributed by atoms with E-state index < -0.39 is 24.3 Å². The first-order valence-corrected chi connectivity index (χ1v) is 11.8. The number of esters is 4. The molecule has 0 amide bonds. The summed E-state index contributed by atoms with van der Waals surface area (Å²) in [6, 6.07) is 0. The summed E-state index contributed by atoms with van der Waals surface area (Å²) in [5, 5.41) is 0. The fourth-order valence-electron chi connectivity index (χ4n) is 4.32. The third-order valence-corrected chi connectivity index (χ3v) is 5.91. The van der Waals surface area contributed by atoms with Crippen molar-refractivity contribution in [1.29, 1.82) is 0 Å². The maximum absolute atomic E-state index is 13.1. The summed E-state index contributed by atoms with van der Waals surface area (Å²) < 4.78 is 26.8. The zero-order valence-corrected chi connectivity index (χ0v) is 21.2. The van der Waals surface area contributed by atoms with Crippen LogP contribution in [0.2, 0.25) is 0 Å². The summed E-state index contributed by atoms with van der Waals surface area (Å²) in [6.45, 7) is 12.0. The zero-order valence-electron chi connectivity index (χ0n) is 21.2. The van der Waals surface area contributed by atoms with E-state index in [1.165, 1.54) is 27.0 Å². The minimum Gasteiger partial charge on any atom is -0.463 e. The Hall–Kier alpha value is -3.10. The fraction of sp³-hybridized carbons (Fsp3) is 0.615. The minimum atomic E-state index is -0.798. The van der Waals surface area contributed by atoms with E-state index >= 15 is 0 Å². The van der Waals surface area contributed by atoms with Crippen molar-refractivity contribution in [1.82, 2.24) is 0 Å². The van der Waals surface area contributed by atoms with E-state index in [0.717, 1.165) is 11.1 Å². The third-order valence-electron chi connectivity index (χ3n) is 5.91. The quantitative estimate of drug-likeness (QED) is 0.240. The maximum atomic E-state index is 13.1. The van der Waals surface area contributed by atoms with Gasteiger partial charge < -0.3 is 23.7 Å². The number of carbonyl (C=O) groups is 4. The standard InChI is InChI=1S/C26H36O9/c1-15(13-31-18(4)27)10-11-23-22-14-32-24(34-20(6)29)12-21(22)25(26(30)35-23)16(2)8-7-9-17(3)33-19(5)28/h10,14,17,21,23-25H,2,7-9,11-13H2,1,3-6H3/b15-10+/t17-,21-,23+,24-,25+/m1/s1. The molecule has 0 aromatic heterocycles. The van der Waals surface area contributed by atoms with Crippen molar-refractivity contribution in [2.75, 3.05) is 6.61 Å². The lowest BCUT2D eigenvalue weighted by molar-refractivity contribution is -0.177. The van der Waals surface area contributed by atoms with Crippen LogP contribution in [0.3, 0.4) is 0 Å². The second-order valence-corrected chi connectivity index (χ2v) is 9.08. The first-order valence-electron chi connectivity index (χ1n) is 11.8. The number of hydrogen-bond acceptors (Lipinski definition) is 9. The van der Waals surface area contributed by atoms with Crippen molar-refractivity contribution in [3.8, 4) is 0 Å². The Morgan fingerprint density at radius 2 is 1.89 bits per heavy atom. The van der Waals surface area contributed by atoms with Gasteiger partial charge >= 0.3 is 23.9 Å². The van der Waals surface area contributed by atoms with Gasteiger partial charge in [0.1, 0.15) is 12.7 Å². The normalized spacial score (nSPS) is 24.7. The highest BCUT2D eigenvalue weighted by Crippen LogP contribution is 2.43. The van der Waals surface area contributed by atoms with Gasteiger partial charge in [-0.3, -0.25) is 19.2 Å². The van der Waals surface area contributed by atoms with E-state index in [1.807, 2.05) is 19.9 Å². The number of ether oxygens (including phenoxy) is 5. The van der Waals surface area contributed by atoms with Crippen molar-refractivity contribution >= 4 is 23.9 Å². The molecule has 0 aromatic rings. The van der Waals surface area contributed by atoms with Gasteiger partial charge in [0.05, 0.1) is 18.3 Å². The second kappa shape index (κ2) is 13.1. The van der Waals surface area contributed by atoms with Crippen LogP contribution in [-0.4, -0.2) is 49.0 Å². The van der Waals surface area contributed by atoms with Gasteiger partial charge in [0.15, 0.2) is 0 Å². The SMILES string of the molecule is C=C(CCC[C@@H](C)OC(C)=O)[C@@H]1C(=O)O[C@@H](C/C=C(\C)COC(C)=O)C2=CO[C@H](OC(C)=O)C[C@H]21. The van der Waals surface area contributed by atoms with E-state index in [-0.39, 0.29) is 36.5 Å². The van der Waals surface area contributed by atoms with Crippen molar-refractivity contribution in [3.05, 3.63) is 35.6 Å². The summed E-state index contributed by atoms with van der Waals surface area (Å²) in [5.41, 5.74) is 2.34. The Balaban J connectivity index is 2.14. The maximum Gasteiger partial charge on any atom is 0.314 e. The summed E-state index contributed by atoms with van der Waals surface area (Å²) in [4.78, 5) is 46.7. The van der Waals surface area contributed by atoms with Crippen molar-refractivity contribution < 1.29 is 42.9 Å². The molecule has 5 atom stereocenters. The molecule has 2 aliphatic rings. The Labute approximate surface area is 206 Å². The highest BCUT2D eigenvalue weighted by Gasteiger charge is 2.46. The van der Waals surface area contributed by atoms with Gasteiger partial charge in [-0.25, -0.2) is 0 Å². The second-order valence-electron chi connectivity index (χ2n) is 9.08. The third kappa shape index (κ3) is 8.88. The van der Waals surface area contributed by atoms with Crippen molar-refractivity contribution in [2.24, 2.45) is 11.8 Å². The van der Waals surface area contributed by atoms with Crippen LogP contribution in [0.4, 0.5) is 0 Å². The molecule has 0 bridgehead atoms. The van der Waals surface area contributed by atoms with Gasteiger partial charge in [0, 0.05) is 45.1 Å². The number of cyclic esters (lactones) is 1. The van der Waals surface area contributed by atoms with Crippen LogP contribution in [-0.2, 0) is 42.9 Å². The highest BCUT2D eigenvalue weighted by molar-refractivity contribution is 5.78. The van der Waals surface area contributed by atoms with E-state index in [9.17, 15) is 19.2 Å². The van der Waals surface area contributed by atoms with Crippen LogP contribution in [0.15, 0.2) is 35.6 Å². The molecule has 0 unspecified atom stereocenters. The number of fused-ring (bicyclic) bond motifs is 1. The smallest absolute Gasteiger partial charge is 0.314 e. The molecule has 2 rings (SSSR count). The molecule has 0 aromatic carbocycles. The Morgan fingerprint density at radius 1 is 1.17 bits per heavy atom. The van der Waals surface area contributed by atoms with Crippen molar-refractivity contribution in [3.63, 3.8) is 0 Å². The molecule has 0 saturated carbocycles. The lowest BCUT2D eigenvalue weighted by Gasteiger charge is -2.41. The lowest BCUT2D eigenvalue weighted by Crippen LogP contribution is -2.44. The molecule has 0 N–H and O–H groups in total. The van der Waals surface area contributed by atoms with Crippen LogP contribution < -0.4 is 0 Å². The summed E-state index contributed by atoms with van der Waals surface area (Å²) in [5.74, 6) is -2.45. The molecule has 35 heavy (non-hydrogen) atoms. The average Bonchev–Trinajstić information content (AvgIpc) is 2.74. The minimum absolute atomic E-state index is 0.161. The van der Waals surface area contributed by atoms with E-state index in [2.05, 4.69) is 6.58 Å². The number of hydrogen-bond donors (Lipinski definition) is 0. The van der Waals surface area contributed by atoms with E-state index in [1.54, 1.807) is 0 Å². The van der Waals surface area contributed by atoms with Crippen LogP contribution in [0.1, 0.15) is 66.7 Å². The molecule has 2 heterocycles. The Kier molecular flexibility index (Phi) is 10.5. The van der Waals surface area contributed by atoms with E-state index in [4.69, 9.17) is 23.7 Å². The van der Waals surface area contributed by atoms with Gasteiger partial charge in [-0.05, 0) is 38.7 Å². The highest BCUT2D eigenvalue weighted by atomic mass is 16.7. The molecule has 0 spiro atoms. The van der Waals surface area contributed by atoms with Crippen LogP contribution in [0.25, 0.3) is 0 Å². The predicted octanol–water partition coefficient (Wildman–Crippen LogP) is 3.92. The lowest BCUT2D eigenvalue weighted by atomic mass is 9.73. The monoisotopic (exact) mass is 492 g/mol. The molecule has 194 valence electrons. The Bertz CT molecular complexity index is 885. The topological polar surface area (TPSA) is 114 Å². The van der Waals surface area contributed by atoms with Gasteiger partial charge in [-0.15, -0.1) is 0 Å². The van der Waals surface area contributed by atoms with Crippen LogP contribution in [0.5, 0.6) is 0 Å². The van der Waals surface area contributed by atoms with E-state index in [0.29, 0.717) is 37.7 Å². The first-order chi connectivity index (χ1) is 16.5. The summed E-state index contributed by atoms with van der Waals surface area (Å²) in [6.07, 6.45) is 4.40. The molecule has 1 saturated heterocycles. The molecule has 0 radical (unpaired) electrons. The largest absolute Gasteiger partial charge is 0.463 e. The van der Waals surface area contributed by atoms with Crippen molar-refractivity contribution in [2.45, 2.75) is 85.2 Å². The Morgan fingerprint density at radius 3 is 2.51 bits per heavy atom. The average molecular weight is 493 g/mol. The van der Waals surface area contributed by atoms with Crippen LogP contribution >= 0.6 is 0 Å². The van der Waals surface area contributed by atoms with Gasteiger partial charge in [-0.2, -0.15) is 0 Å². The number of rotatable bonds is 11. The first kappa shape index (κ1) is 28.1. The molecule has 2 aliphatic heterocycles. The summed E-state index contributed by atoms with van der Waals surface area (Å²) in [7, 11) is 0. The van der Waals surface area contributed by atoms with Gasteiger partial charge in [0.2, 0.25) is 6.29 Å². The molecule has 9 heteroatoms. The molecule has 0 aliphatic carbocycles. The predicted molar refractivity (Wildman–Crippen MR) is 125 cm³/mol. The van der Waals surface area contributed by atoms with Crippen LogP contribution in [0, 0.1) is 11.8 Å².